The molecule has 0 N–H and O–H groups in total. The number of aryl methyl sites for hydroxylation is 2. The second kappa shape index (κ2) is 6.40. The Bertz CT molecular complexity index is 766. The lowest BCUT2D eigenvalue weighted by Gasteiger charge is -2.15. The molecular formula is C14H22N6O2S. The zero-order chi connectivity index (χ0) is 16.4. The molecule has 1 atom stereocenters. The van der Waals surface area contributed by atoms with E-state index in [0.29, 0.717) is 19.6 Å². The summed E-state index contributed by atoms with van der Waals surface area (Å²) in [6.07, 6.45) is 6.35. The number of hydrogen-bond donors (Lipinski definition) is 0. The molecule has 8 nitrogen and oxygen atoms in total. The van der Waals surface area contributed by atoms with E-state index in [-0.39, 0.29) is 10.8 Å². The fourth-order valence-corrected chi connectivity index (χ4v) is 4.43. The zero-order valence-electron chi connectivity index (χ0n) is 13.5. The van der Waals surface area contributed by atoms with Crippen LogP contribution in [0.25, 0.3) is 0 Å². The summed E-state index contributed by atoms with van der Waals surface area (Å²) in [6.45, 7) is 6.53. The maximum atomic E-state index is 12.7. The summed E-state index contributed by atoms with van der Waals surface area (Å²) in [5.74, 6) is 1.20. The van der Waals surface area contributed by atoms with Gasteiger partial charge in [-0.1, -0.05) is 0 Å². The lowest BCUT2D eigenvalue weighted by atomic mass is 10.0. The fraction of sp³-hybridized carbons (Fsp3) is 0.643. The van der Waals surface area contributed by atoms with Crippen molar-refractivity contribution in [2.24, 2.45) is 5.92 Å². The van der Waals surface area contributed by atoms with Crippen molar-refractivity contribution in [1.29, 1.82) is 0 Å². The van der Waals surface area contributed by atoms with Crippen molar-refractivity contribution in [2.75, 3.05) is 13.1 Å². The summed E-state index contributed by atoms with van der Waals surface area (Å²) in [6, 6.07) is 0. The van der Waals surface area contributed by atoms with Crippen LogP contribution in [0.1, 0.15) is 26.1 Å². The van der Waals surface area contributed by atoms with Crippen molar-refractivity contribution in [3.8, 4) is 0 Å². The first-order valence-corrected chi connectivity index (χ1v) is 9.37. The van der Waals surface area contributed by atoms with Crippen LogP contribution in [0.2, 0.25) is 0 Å². The van der Waals surface area contributed by atoms with E-state index in [9.17, 15) is 8.42 Å². The largest absolute Gasteiger partial charge is 0.318 e. The van der Waals surface area contributed by atoms with E-state index in [0.717, 1.165) is 25.2 Å². The van der Waals surface area contributed by atoms with E-state index in [4.69, 9.17) is 0 Å². The van der Waals surface area contributed by atoms with E-state index >= 15 is 0 Å². The molecule has 1 aliphatic rings. The molecule has 3 heterocycles. The van der Waals surface area contributed by atoms with Gasteiger partial charge in [-0.3, -0.25) is 4.68 Å². The highest BCUT2D eigenvalue weighted by Crippen LogP contribution is 2.26. The smallest absolute Gasteiger partial charge is 0.246 e. The molecule has 0 radical (unpaired) electrons. The topological polar surface area (TPSA) is 85.9 Å². The highest BCUT2D eigenvalue weighted by atomic mass is 32.2. The van der Waals surface area contributed by atoms with Crippen molar-refractivity contribution in [1.82, 2.24) is 28.9 Å². The number of hydrogen-bond acceptors (Lipinski definition) is 5. The average molecular weight is 338 g/mol. The van der Waals surface area contributed by atoms with Crippen molar-refractivity contribution in [2.45, 2.75) is 44.7 Å². The van der Waals surface area contributed by atoms with Crippen LogP contribution in [0, 0.1) is 5.92 Å². The number of sulfonamides is 1. The normalized spacial score (nSPS) is 19.5. The molecule has 0 saturated carbocycles. The molecule has 2 aromatic rings. The van der Waals surface area contributed by atoms with Gasteiger partial charge < -0.3 is 4.57 Å². The molecule has 3 rings (SSSR count). The molecule has 1 unspecified atom stereocenters. The van der Waals surface area contributed by atoms with Crippen molar-refractivity contribution in [3.63, 3.8) is 0 Å². The second-order valence-corrected chi connectivity index (χ2v) is 7.72. The molecule has 126 valence electrons. The van der Waals surface area contributed by atoms with Gasteiger partial charge in [-0.15, -0.1) is 10.2 Å². The Hall–Kier alpha value is -1.74. The summed E-state index contributed by atoms with van der Waals surface area (Å²) in [7, 11) is -3.45. The van der Waals surface area contributed by atoms with Gasteiger partial charge in [0.05, 0.1) is 6.20 Å². The van der Waals surface area contributed by atoms with Crippen LogP contribution in [0.5, 0.6) is 0 Å². The van der Waals surface area contributed by atoms with Crippen molar-refractivity contribution < 1.29 is 8.42 Å². The lowest BCUT2D eigenvalue weighted by molar-refractivity contribution is 0.450. The fourth-order valence-electron chi connectivity index (χ4n) is 2.94. The van der Waals surface area contributed by atoms with E-state index in [1.54, 1.807) is 21.5 Å². The monoisotopic (exact) mass is 338 g/mol. The number of nitrogens with zero attached hydrogens (tertiary/aromatic N) is 6. The van der Waals surface area contributed by atoms with Crippen LogP contribution in [0.3, 0.4) is 0 Å². The predicted octanol–water partition coefficient (Wildman–Crippen LogP) is 0.768. The number of rotatable bonds is 6. The third-order valence-corrected chi connectivity index (χ3v) is 6.15. The van der Waals surface area contributed by atoms with Gasteiger partial charge >= 0.3 is 0 Å². The van der Waals surface area contributed by atoms with Gasteiger partial charge in [0, 0.05) is 38.8 Å². The Labute approximate surface area is 136 Å². The van der Waals surface area contributed by atoms with Gasteiger partial charge in [-0.2, -0.15) is 9.40 Å². The molecule has 1 fully saturated rings. The second-order valence-electron chi connectivity index (χ2n) is 5.79. The highest BCUT2D eigenvalue weighted by molar-refractivity contribution is 7.89. The van der Waals surface area contributed by atoms with Gasteiger partial charge in [0.25, 0.3) is 0 Å². The molecule has 0 amide bonds. The third-order valence-electron chi connectivity index (χ3n) is 4.33. The zero-order valence-corrected chi connectivity index (χ0v) is 14.3. The van der Waals surface area contributed by atoms with Crippen LogP contribution < -0.4 is 0 Å². The minimum Gasteiger partial charge on any atom is -0.318 e. The SMILES string of the molecule is CCn1cc(S(=O)(=O)N2CCC(Cc3nncn3CC)C2)cn1. The molecule has 0 aliphatic carbocycles. The van der Waals surface area contributed by atoms with Crippen LogP contribution in [-0.2, 0) is 29.5 Å². The summed E-state index contributed by atoms with van der Waals surface area (Å²) in [5, 5.41) is 12.1. The van der Waals surface area contributed by atoms with Crippen molar-refractivity contribution in [3.05, 3.63) is 24.5 Å². The van der Waals surface area contributed by atoms with Crippen LogP contribution >= 0.6 is 0 Å². The molecule has 1 saturated heterocycles. The Morgan fingerprint density at radius 1 is 1.30 bits per heavy atom. The van der Waals surface area contributed by atoms with Gasteiger partial charge in [0.1, 0.15) is 17.0 Å². The van der Waals surface area contributed by atoms with Crippen LogP contribution in [0.15, 0.2) is 23.6 Å². The van der Waals surface area contributed by atoms with Gasteiger partial charge in [-0.25, -0.2) is 8.42 Å². The minimum absolute atomic E-state index is 0.275. The maximum absolute atomic E-state index is 12.7. The molecular weight excluding hydrogens is 316 g/mol. The van der Waals surface area contributed by atoms with E-state index in [1.807, 2.05) is 18.4 Å². The Balaban J connectivity index is 1.69. The Morgan fingerprint density at radius 2 is 2.13 bits per heavy atom. The molecule has 0 spiro atoms. The summed E-state index contributed by atoms with van der Waals surface area (Å²) in [5.41, 5.74) is 0. The van der Waals surface area contributed by atoms with Crippen LogP contribution in [-0.4, -0.2) is 50.4 Å². The Kier molecular flexibility index (Phi) is 4.49. The molecule has 9 heteroatoms. The molecule has 2 aromatic heterocycles. The van der Waals surface area contributed by atoms with E-state index in [1.165, 1.54) is 6.20 Å². The average Bonchev–Trinajstić information content (AvgIpc) is 3.28. The van der Waals surface area contributed by atoms with Crippen LogP contribution in [0.4, 0.5) is 0 Å². The van der Waals surface area contributed by atoms with E-state index < -0.39 is 10.0 Å². The quantitative estimate of drug-likeness (QED) is 0.776. The maximum Gasteiger partial charge on any atom is 0.246 e. The van der Waals surface area contributed by atoms with Gasteiger partial charge in [-0.05, 0) is 26.2 Å². The van der Waals surface area contributed by atoms with Gasteiger partial charge in [0.2, 0.25) is 10.0 Å². The predicted molar refractivity (Wildman–Crippen MR) is 84.2 cm³/mol. The molecule has 0 aromatic carbocycles. The van der Waals surface area contributed by atoms with Crippen molar-refractivity contribution >= 4 is 10.0 Å². The first-order chi connectivity index (χ1) is 11.0. The first-order valence-electron chi connectivity index (χ1n) is 7.93. The summed E-state index contributed by atoms with van der Waals surface area (Å²) in [4.78, 5) is 0.275. The van der Waals surface area contributed by atoms with E-state index in [2.05, 4.69) is 15.3 Å². The Morgan fingerprint density at radius 3 is 2.83 bits per heavy atom. The first kappa shape index (κ1) is 16.1. The molecule has 0 bridgehead atoms. The standard InChI is InChI=1S/C14H22N6O2S/c1-3-18-11-15-17-14(18)7-12-5-6-20(9-12)23(21,22)13-8-16-19(4-2)10-13/h8,10-12H,3-7,9H2,1-2H3. The molecule has 1 aliphatic heterocycles. The number of aromatic nitrogens is 5. The lowest BCUT2D eigenvalue weighted by Crippen LogP contribution is -2.29. The summed E-state index contributed by atoms with van der Waals surface area (Å²) >= 11 is 0. The molecule has 23 heavy (non-hydrogen) atoms. The summed E-state index contributed by atoms with van der Waals surface area (Å²) < 4.78 is 30.5. The third kappa shape index (κ3) is 3.16. The van der Waals surface area contributed by atoms with Gasteiger partial charge in [0.15, 0.2) is 0 Å². The highest BCUT2D eigenvalue weighted by Gasteiger charge is 2.33. The minimum atomic E-state index is -3.45.